The fraction of sp³-hybridized carbons (Fsp3) is 0.812. The standard InChI is InChI=1S/C16H26N4O3/c1-11(12(21)18-15(10-17)6-2-3-7-15)20-13(22)16(19-14(20)23)8-4-5-9-16/h11H,2-10,17H2,1H3,(H,18,21)(H,19,23). The van der Waals surface area contributed by atoms with E-state index in [0.717, 1.165) is 43.4 Å². The molecule has 3 aliphatic rings. The van der Waals surface area contributed by atoms with Crippen LogP contribution < -0.4 is 16.4 Å². The van der Waals surface area contributed by atoms with E-state index in [1.165, 1.54) is 0 Å². The van der Waals surface area contributed by atoms with Crippen molar-refractivity contribution in [3.8, 4) is 0 Å². The molecule has 7 nitrogen and oxygen atoms in total. The molecule has 0 aromatic rings. The SMILES string of the molecule is CC(C(=O)NC1(CN)CCCC1)N1C(=O)NC2(CCCC2)C1=O. The molecule has 7 heteroatoms. The Hall–Kier alpha value is -1.63. The summed E-state index contributed by atoms with van der Waals surface area (Å²) in [6.45, 7) is 2.00. The highest BCUT2D eigenvalue weighted by Crippen LogP contribution is 2.36. The molecule has 1 saturated heterocycles. The summed E-state index contributed by atoms with van der Waals surface area (Å²) in [7, 11) is 0. The number of nitrogens with zero attached hydrogens (tertiary/aromatic N) is 1. The summed E-state index contributed by atoms with van der Waals surface area (Å²) in [4.78, 5) is 38.7. The van der Waals surface area contributed by atoms with Crippen molar-refractivity contribution in [2.75, 3.05) is 6.54 Å². The van der Waals surface area contributed by atoms with Crippen LogP contribution in [0.4, 0.5) is 4.79 Å². The van der Waals surface area contributed by atoms with Gasteiger partial charge in [-0.1, -0.05) is 25.7 Å². The van der Waals surface area contributed by atoms with Gasteiger partial charge in [-0.2, -0.15) is 0 Å². The van der Waals surface area contributed by atoms with Crippen LogP contribution >= 0.6 is 0 Å². The Morgan fingerprint density at radius 2 is 1.78 bits per heavy atom. The first-order valence-corrected chi connectivity index (χ1v) is 8.61. The molecule has 1 heterocycles. The number of amides is 4. The lowest BCUT2D eigenvalue weighted by atomic mass is 9.96. The Balaban J connectivity index is 1.72. The molecule has 4 N–H and O–H groups in total. The van der Waals surface area contributed by atoms with Crippen molar-refractivity contribution in [3.05, 3.63) is 0 Å². The van der Waals surface area contributed by atoms with Crippen LogP contribution in [-0.2, 0) is 9.59 Å². The monoisotopic (exact) mass is 322 g/mol. The Labute approximate surface area is 136 Å². The average Bonchev–Trinajstić information content (AvgIpc) is 3.22. The Kier molecular flexibility index (Phi) is 4.08. The van der Waals surface area contributed by atoms with Crippen molar-refractivity contribution in [1.29, 1.82) is 0 Å². The molecule has 2 aliphatic carbocycles. The normalized spacial score (nSPS) is 26.6. The molecule has 3 rings (SSSR count). The minimum Gasteiger partial charge on any atom is -0.348 e. The summed E-state index contributed by atoms with van der Waals surface area (Å²) in [5.41, 5.74) is 4.69. The van der Waals surface area contributed by atoms with Crippen LogP contribution in [0.3, 0.4) is 0 Å². The predicted octanol–water partition coefficient (Wildman–Crippen LogP) is 0.627. The fourth-order valence-corrected chi connectivity index (χ4v) is 4.23. The maximum Gasteiger partial charge on any atom is 0.325 e. The highest BCUT2D eigenvalue weighted by Gasteiger charge is 2.54. The Morgan fingerprint density at radius 3 is 2.35 bits per heavy atom. The summed E-state index contributed by atoms with van der Waals surface area (Å²) in [5, 5.41) is 5.82. The molecular weight excluding hydrogens is 296 g/mol. The van der Waals surface area contributed by atoms with Crippen LogP contribution in [0.5, 0.6) is 0 Å². The van der Waals surface area contributed by atoms with E-state index in [1.54, 1.807) is 6.92 Å². The lowest BCUT2D eigenvalue weighted by Crippen LogP contribution is -2.58. The number of nitrogens with two attached hydrogens (primary N) is 1. The average molecular weight is 322 g/mol. The highest BCUT2D eigenvalue weighted by atomic mass is 16.2. The van der Waals surface area contributed by atoms with E-state index in [2.05, 4.69) is 10.6 Å². The summed E-state index contributed by atoms with van der Waals surface area (Å²) < 4.78 is 0. The maximum atomic E-state index is 12.7. The number of nitrogens with one attached hydrogen (secondary N) is 2. The van der Waals surface area contributed by atoms with E-state index >= 15 is 0 Å². The number of hydrogen-bond donors (Lipinski definition) is 3. The second-order valence-electron chi connectivity index (χ2n) is 7.25. The van der Waals surface area contributed by atoms with Crippen molar-refractivity contribution in [2.45, 2.75) is 75.4 Å². The summed E-state index contributed by atoms with van der Waals surface area (Å²) in [5.74, 6) is -0.549. The van der Waals surface area contributed by atoms with Gasteiger partial charge in [0, 0.05) is 6.54 Å². The van der Waals surface area contributed by atoms with E-state index in [-0.39, 0.29) is 17.4 Å². The molecule has 0 aromatic heterocycles. The molecule has 4 amide bonds. The minimum absolute atomic E-state index is 0.254. The molecule has 2 saturated carbocycles. The van der Waals surface area contributed by atoms with Crippen LogP contribution in [-0.4, -0.2) is 46.4 Å². The summed E-state index contributed by atoms with van der Waals surface area (Å²) in [6.07, 6.45) is 6.96. The number of hydrogen-bond acceptors (Lipinski definition) is 4. The van der Waals surface area contributed by atoms with Crippen LogP contribution in [0.2, 0.25) is 0 Å². The van der Waals surface area contributed by atoms with Gasteiger partial charge in [0.25, 0.3) is 5.91 Å². The zero-order valence-corrected chi connectivity index (χ0v) is 13.7. The fourth-order valence-electron chi connectivity index (χ4n) is 4.23. The van der Waals surface area contributed by atoms with Crippen LogP contribution in [0, 0.1) is 0 Å². The highest BCUT2D eigenvalue weighted by molar-refractivity contribution is 6.10. The van der Waals surface area contributed by atoms with Gasteiger partial charge in [0.1, 0.15) is 11.6 Å². The molecule has 128 valence electrons. The van der Waals surface area contributed by atoms with E-state index in [4.69, 9.17) is 5.73 Å². The zero-order chi connectivity index (χ0) is 16.7. The van der Waals surface area contributed by atoms with Crippen LogP contribution in [0.25, 0.3) is 0 Å². The van der Waals surface area contributed by atoms with Gasteiger partial charge in [-0.15, -0.1) is 0 Å². The predicted molar refractivity (Wildman–Crippen MR) is 84.4 cm³/mol. The number of rotatable bonds is 4. The smallest absolute Gasteiger partial charge is 0.325 e. The van der Waals surface area contributed by atoms with Crippen molar-refractivity contribution in [3.63, 3.8) is 0 Å². The number of carbonyl (C=O) groups excluding carboxylic acids is 3. The third kappa shape index (κ3) is 2.60. The second kappa shape index (κ2) is 5.78. The molecular formula is C16H26N4O3. The molecule has 0 radical (unpaired) electrons. The molecule has 0 aromatic carbocycles. The van der Waals surface area contributed by atoms with Crippen LogP contribution in [0.1, 0.15) is 58.3 Å². The van der Waals surface area contributed by atoms with E-state index in [1.807, 2.05) is 0 Å². The number of carbonyl (C=O) groups is 3. The number of urea groups is 1. The van der Waals surface area contributed by atoms with Gasteiger partial charge >= 0.3 is 6.03 Å². The molecule has 0 bridgehead atoms. The van der Waals surface area contributed by atoms with Crippen LogP contribution in [0.15, 0.2) is 0 Å². The van der Waals surface area contributed by atoms with Gasteiger partial charge in [0.2, 0.25) is 5.91 Å². The van der Waals surface area contributed by atoms with Gasteiger partial charge < -0.3 is 16.4 Å². The third-order valence-corrected chi connectivity index (χ3v) is 5.76. The van der Waals surface area contributed by atoms with Crippen molar-refractivity contribution in [2.24, 2.45) is 5.73 Å². The molecule has 1 atom stereocenters. The first kappa shape index (κ1) is 16.2. The minimum atomic E-state index is -0.813. The van der Waals surface area contributed by atoms with Crippen molar-refractivity contribution in [1.82, 2.24) is 15.5 Å². The first-order valence-electron chi connectivity index (χ1n) is 8.61. The third-order valence-electron chi connectivity index (χ3n) is 5.76. The lowest BCUT2D eigenvalue weighted by molar-refractivity contribution is -0.138. The Morgan fingerprint density at radius 1 is 1.22 bits per heavy atom. The van der Waals surface area contributed by atoms with Gasteiger partial charge in [-0.25, -0.2) is 9.69 Å². The maximum absolute atomic E-state index is 12.7. The lowest BCUT2D eigenvalue weighted by Gasteiger charge is -2.32. The molecule has 1 aliphatic heterocycles. The quantitative estimate of drug-likeness (QED) is 0.660. The largest absolute Gasteiger partial charge is 0.348 e. The molecule has 23 heavy (non-hydrogen) atoms. The van der Waals surface area contributed by atoms with Gasteiger partial charge in [-0.05, 0) is 32.6 Å². The molecule has 3 fully saturated rings. The van der Waals surface area contributed by atoms with E-state index < -0.39 is 17.6 Å². The second-order valence-corrected chi connectivity index (χ2v) is 7.25. The topological polar surface area (TPSA) is 105 Å². The number of imide groups is 1. The van der Waals surface area contributed by atoms with Gasteiger partial charge in [-0.3, -0.25) is 9.59 Å². The first-order chi connectivity index (χ1) is 10.9. The Bertz CT molecular complexity index is 521. The van der Waals surface area contributed by atoms with E-state index in [0.29, 0.717) is 19.4 Å². The van der Waals surface area contributed by atoms with E-state index in [9.17, 15) is 14.4 Å². The van der Waals surface area contributed by atoms with Gasteiger partial charge in [0.05, 0.1) is 5.54 Å². The molecule has 1 spiro atoms. The van der Waals surface area contributed by atoms with Gasteiger partial charge in [0.15, 0.2) is 0 Å². The summed E-state index contributed by atoms with van der Waals surface area (Å²) in [6, 6.07) is -1.26. The zero-order valence-electron chi connectivity index (χ0n) is 13.7. The molecule has 1 unspecified atom stereocenters. The van der Waals surface area contributed by atoms with Crippen molar-refractivity contribution >= 4 is 17.8 Å². The van der Waals surface area contributed by atoms with Crippen molar-refractivity contribution < 1.29 is 14.4 Å². The summed E-state index contributed by atoms with van der Waals surface area (Å²) >= 11 is 0.